The summed E-state index contributed by atoms with van der Waals surface area (Å²) >= 11 is 5.02. The van der Waals surface area contributed by atoms with E-state index in [1.807, 2.05) is 11.4 Å². The lowest BCUT2D eigenvalue weighted by Crippen LogP contribution is -2.01. The Labute approximate surface area is 114 Å². The Balaban J connectivity index is 2.15. The molecule has 0 aliphatic carbocycles. The van der Waals surface area contributed by atoms with Crippen molar-refractivity contribution in [1.29, 1.82) is 0 Å². The zero-order chi connectivity index (χ0) is 12.4. The second-order valence-electron chi connectivity index (χ2n) is 4.40. The third kappa shape index (κ3) is 3.41. The highest BCUT2D eigenvalue weighted by atomic mass is 79.9. The Morgan fingerprint density at radius 2 is 1.82 bits per heavy atom. The fourth-order valence-electron chi connectivity index (χ4n) is 2.03. The summed E-state index contributed by atoms with van der Waals surface area (Å²) in [6.45, 7) is 4.17. The van der Waals surface area contributed by atoms with Gasteiger partial charge in [0.1, 0.15) is 0 Å². The number of benzene rings is 1. The molecule has 0 radical (unpaired) electrons. The van der Waals surface area contributed by atoms with Crippen molar-refractivity contribution in [2.24, 2.45) is 0 Å². The van der Waals surface area contributed by atoms with E-state index < -0.39 is 6.10 Å². The van der Waals surface area contributed by atoms with E-state index in [0.29, 0.717) is 6.42 Å². The number of rotatable bonds is 3. The average Bonchev–Trinajstić information content (AvgIpc) is 2.63. The van der Waals surface area contributed by atoms with E-state index in [0.717, 1.165) is 9.35 Å². The molecule has 2 aromatic rings. The molecule has 1 aromatic heterocycles. The fourth-order valence-corrected chi connectivity index (χ4v) is 3.25. The summed E-state index contributed by atoms with van der Waals surface area (Å²) in [5, 5.41) is 12.2. The van der Waals surface area contributed by atoms with Gasteiger partial charge in [-0.3, -0.25) is 0 Å². The third-order valence-corrected chi connectivity index (χ3v) is 4.21. The molecule has 1 atom stereocenters. The van der Waals surface area contributed by atoms with Gasteiger partial charge in [0.2, 0.25) is 0 Å². The smallest absolute Gasteiger partial charge is 0.0838 e. The van der Waals surface area contributed by atoms with Gasteiger partial charge in [0.15, 0.2) is 0 Å². The molecule has 0 bridgehead atoms. The zero-order valence-corrected chi connectivity index (χ0v) is 12.3. The summed E-state index contributed by atoms with van der Waals surface area (Å²) in [5.74, 6) is 0. The van der Waals surface area contributed by atoms with Gasteiger partial charge in [0, 0.05) is 6.42 Å². The number of aliphatic hydroxyl groups is 1. The summed E-state index contributed by atoms with van der Waals surface area (Å²) in [5.41, 5.74) is 4.68. The van der Waals surface area contributed by atoms with Crippen LogP contribution in [0.5, 0.6) is 0 Å². The van der Waals surface area contributed by atoms with E-state index in [2.05, 4.69) is 48.0 Å². The molecular formula is C14H15BrOS. The van der Waals surface area contributed by atoms with Gasteiger partial charge < -0.3 is 5.11 Å². The Kier molecular flexibility index (Phi) is 4.02. The maximum atomic E-state index is 10.2. The lowest BCUT2D eigenvalue weighted by Gasteiger charge is -2.10. The molecule has 90 valence electrons. The zero-order valence-electron chi connectivity index (χ0n) is 9.90. The largest absolute Gasteiger partial charge is 0.388 e. The van der Waals surface area contributed by atoms with E-state index in [4.69, 9.17) is 0 Å². The maximum absolute atomic E-state index is 10.2. The normalized spacial score (nSPS) is 12.7. The van der Waals surface area contributed by atoms with Crippen molar-refractivity contribution in [3.63, 3.8) is 0 Å². The molecule has 0 saturated heterocycles. The van der Waals surface area contributed by atoms with Gasteiger partial charge in [-0.25, -0.2) is 0 Å². The monoisotopic (exact) mass is 310 g/mol. The molecule has 2 rings (SSSR count). The highest BCUT2D eigenvalue weighted by Gasteiger charge is 2.10. The van der Waals surface area contributed by atoms with E-state index in [9.17, 15) is 5.11 Å². The standard InChI is InChI=1S/C14H15BrOS/c1-9-3-10(2)5-11(4-9)6-13(16)12-7-14(15)17-8-12/h3-5,7-8,13,16H,6H2,1-2H3. The molecule has 0 spiro atoms. The van der Waals surface area contributed by atoms with Crippen molar-refractivity contribution >= 4 is 27.3 Å². The number of aliphatic hydroxyl groups excluding tert-OH is 1. The van der Waals surface area contributed by atoms with Crippen LogP contribution in [0.25, 0.3) is 0 Å². The summed E-state index contributed by atoms with van der Waals surface area (Å²) in [4.78, 5) is 0. The molecule has 0 fully saturated rings. The Morgan fingerprint density at radius 3 is 2.35 bits per heavy atom. The quantitative estimate of drug-likeness (QED) is 0.890. The van der Waals surface area contributed by atoms with Crippen LogP contribution < -0.4 is 0 Å². The number of hydrogen-bond acceptors (Lipinski definition) is 2. The lowest BCUT2D eigenvalue weighted by atomic mass is 10.00. The minimum absolute atomic E-state index is 0.418. The van der Waals surface area contributed by atoms with E-state index >= 15 is 0 Å². The Hall–Kier alpha value is -0.640. The second-order valence-corrected chi connectivity index (χ2v) is 6.69. The molecule has 0 saturated carbocycles. The van der Waals surface area contributed by atoms with Crippen LogP contribution in [0.1, 0.15) is 28.4 Å². The Bertz CT molecular complexity index is 498. The van der Waals surface area contributed by atoms with Gasteiger partial charge in [-0.15, -0.1) is 11.3 Å². The molecule has 3 heteroatoms. The van der Waals surface area contributed by atoms with Gasteiger partial charge >= 0.3 is 0 Å². The van der Waals surface area contributed by atoms with Crippen LogP contribution in [0, 0.1) is 13.8 Å². The first-order chi connectivity index (χ1) is 8.04. The van der Waals surface area contributed by atoms with Crippen LogP contribution in [0.15, 0.2) is 33.4 Å². The number of hydrogen-bond donors (Lipinski definition) is 1. The van der Waals surface area contributed by atoms with Crippen molar-refractivity contribution in [3.05, 3.63) is 55.7 Å². The number of halogens is 1. The van der Waals surface area contributed by atoms with Gasteiger partial charge in [-0.1, -0.05) is 29.3 Å². The highest BCUT2D eigenvalue weighted by molar-refractivity contribution is 9.11. The van der Waals surface area contributed by atoms with Crippen molar-refractivity contribution in [2.45, 2.75) is 26.4 Å². The van der Waals surface area contributed by atoms with E-state index in [1.54, 1.807) is 11.3 Å². The van der Waals surface area contributed by atoms with Crippen LogP contribution in [-0.2, 0) is 6.42 Å². The van der Waals surface area contributed by atoms with Crippen molar-refractivity contribution in [2.75, 3.05) is 0 Å². The number of thiophene rings is 1. The maximum Gasteiger partial charge on any atom is 0.0838 e. The molecule has 1 unspecified atom stereocenters. The summed E-state index contributed by atoms with van der Waals surface area (Å²) in [7, 11) is 0. The first-order valence-electron chi connectivity index (χ1n) is 5.54. The summed E-state index contributed by atoms with van der Waals surface area (Å²) in [6, 6.07) is 8.41. The van der Waals surface area contributed by atoms with Crippen LogP contribution in [-0.4, -0.2) is 5.11 Å². The van der Waals surface area contributed by atoms with Crippen molar-refractivity contribution in [1.82, 2.24) is 0 Å². The van der Waals surface area contributed by atoms with Crippen molar-refractivity contribution in [3.8, 4) is 0 Å². The van der Waals surface area contributed by atoms with Gasteiger partial charge in [-0.2, -0.15) is 0 Å². The molecule has 17 heavy (non-hydrogen) atoms. The van der Waals surface area contributed by atoms with E-state index in [-0.39, 0.29) is 0 Å². The van der Waals surface area contributed by atoms with Gasteiger partial charge in [-0.05, 0) is 52.4 Å². The molecule has 0 amide bonds. The molecule has 1 aromatic carbocycles. The lowest BCUT2D eigenvalue weighted by molar-refractivity contribution is 0.179. The minimum Gasteiger partial charge on any atom is -0.388 e. The summed E-state index contributed by atoms with van der Waals surface area (Å²) in [6.07, 6.45) is 0.254. The number of aryl methyl sites for hydroxylation is 2. The second kappa shape index (κ2) is 5.34. The molecule has 1 N–H and O–H groups in total. The predicted octanol–water partition coefficient (Wildman–Crippen LogP) is 4.40. The topological polar surface area (TPSA) is 20.2 Å². The molecule has 0 aliphatic heterocycles. The van der Waals surface area contributed by atoms with Crippen LogP contribution in [0.2, 0.25) is 0 Å². The minimum atomic E-state index is -0.418. The van der Waals surface area contributed by atoms with Crippen LogP contribution in [0.3, 0.4) is 0 Å². The molecular weight excluding hydrogens is 296 g/mol. The van der Waals surface area contributed by atoms with Crippen molar-refractivity contribution < 1.29 is 5.11 Å². The SMILES string of the molecule is Cc1cc(C)cc(CC(O)c2csc(Br)c2)c1. The van der Waals surface area contributed by atoms with Gasteiger partial charge in [0.05, 0.1) is 9.89 Å². The van der Waals surface area contributed by atoms with E-state index in [1.165, 1.54) is 16.7 Å². The molecule has 1 nitrogen and oxygen atoms in total. The average molecular weight is 311 g/mol. The third-order valence-electron chi connectivity index (χ3n) is 2.68. The fraction of sp³-hybridized carbons (Fsp3) is 0.286. The van der Waals surface area contributed by atoms with Crippen LogP contribution >= 0.6 is 27.3 Å². The van der Waals surface area contributed by atoms with Crippen LogP contribution in [0.4, 0.5) is 0 Å². The first-order valence-corrected chi connectivity index (χ1v) is 7.21. The summed E-state index contributed by atoms with van der Waals surface area (Å²) < 4.78 is 1.06. The highest BCUT2D eigenvalue weighted by Crippen LogP contribution is 2.27. The van der Waals surface area contributed by atoms with Gasteiger partial charge in [0.25, 0.3) is 0 Å². The molecule has 1 heterocycles. The Morgan fingerprint density at radius 1 is 1.18 bits per heavy atom. The first kappa shape index (κ1) is 12.8. The molecule has 0 aliphatic rings. The predicted molar refractivity (Wildman–Crippen MR) is 76.6 cm³/mol.